The van der Waals surface area contributed by atoms with Gasteiger partial charge in [0.15, 0.2) is 0 Å². The molecule has 2 N–H and O–H groups in total. The Bertz CT molecular complexity index is 937. The first-order valence-electron chi connectivity index (χ1n) is 6.05. The Labute approximate surface area is 144 Å². The average molecular weight is 417 g/mol. The van der Waals surface area contributed by atoms with E-state index in [4.69, 9.17) is 5.11 Å². The summed E-state index contributed by atoms with van der Waals surface area (Å²) in [6, 6.07) is 2.83. The van der Waals surface area contributed by atoms with Gasteiger partial charge in [0.25, 0.3) is 0 Å². The van der Waals surface area contributed by atoms with E-state index in [9.17, 15) is 44.8 Å². The van der Waals surface area contributed by atoms with Crippen LogP contribution < -0.4 is 5.32 Å². The Morgan fingerprint density at radius 2 is 1.58 bits per heavy atom. The fraction of sp³-hybridized carbons (Fsp3) is 0.0909. The van der Waals surface area contributed by atoms with Crippen LogP contribution in [0.1, 0.15) is 0 Å². The highest BCUT2D eigenvalue weighted by molar-refractivity contribution is 8.04. The summed E-state index contributed by atoms with van der Waals surface area (Å²) in [5.74, 6) is -2.34. The minimum absolute atomic E-state index is 0.111. The van der Waals surface area contributed by atoms with E-state index in [2.05, 4.69) is 5.32 Å². The molecule has 0 fully saturated rings. The summed E-state index contributed by atoms with van der Waals surface area (Å²) in [5, 5.41) is 21.6. The second-order valence-electron chi connectivity index (χ2n) is 4.30. The molecule has 1 aromatic carbocycles. The Morgan fingerprint density at radius 1 is 1.08 bits per heavy atom. The van der Waals surface area contributed by atoms with Gasteiger partial charge in [0.05, 0.1) is 4.90 Å². The molecule has 1 rings (SSSR count). The number of rotatable bonds is 6. The van der Waals surface area contributed by atoms with Gasteiger partial charge in [-0.25, -0.2) is 21.6 Å². The molecule has 0 aliphatic carbocycles. The zero-order chi connectivity index (χ0) is 20.3. The van der Waals surface area contributed by atoms with Crippen molar-refractivity contribution in [1.29, 1.82) is 0 Å². The van der Waals surface area contributed by atoms with E-state index in [1.165, 1.54) is 0 Å². The van der Waals surface area contributed by atoms with Gasteiger partial charge in [0.1, 0.15) is 0 Å². The molecule has 144 valence electrons. The molecular formula is C11H8F3N2O8S2-. The fourth-order valence-electron chi connectivity index (χ4n) is 1.34. The molecule has 0 radical (unpaired) electrons. The van der Waals surface area contributed by atoms with E-state index in [0.29, 0.717) is 24.3 Å². The third kappa shape index (κ3) is 4.78. The SMILES string of the molecule is O=C(O)/C=C\C(=O)Nc1ccc(S(=O)(=O)N([O-])S(=O)(=O)C(F)(F)F)cc1. The predicted octanol–water partition coefficient (Wildman–Crippen LogP) is 0.604. The molecule has 26 heavy (non-hydrogen) atoms. The van der Waals surface area contributed by atoms with Crippen LogP contribution in [0.25, 0.3) is 0 Å². The van der Waals surface area contributed by atoms with Crippen LogP contribution in [0, 0.1) is 5.21 Å². The fourth-order valence-corrected chi connectivity index (χ4v) is 3.71. The number of carboxylic acid groups (broad SMARTS) is 1. The minimum Gasteiger partial charge on any atom is -0.758 e. The van der Waals surface area contributed by atoms with Gasteiger partial charge < -0.3 is 15.6 Å². The number of aliphatic carboxylic acids is 1. The van der Waals surface area contributed by atoms with Gasteiger partial charge in [-0.1, -0.05) is 0 Å². The van der Waals surface area contributed by atoms with Crippen molar-refractivity contribution in [3.05, 3.63) is 41.6 Å². The van der Waals surface area contributed by atoms with Gasteiger partial charge in [-0.05, 0) is 24.3 Å². The normalized spacial score (nSPS) is 13.1. The van der Waals surface area contributed by atoms with Crippen molar-refractivity contribution in [2.24, 2.45) is 0 Å². The number of benzene rings is 1. The van der Waals surface area contributed by atoms with Crippen molar-refractivity contribution in [3.8, 4) is 0 Å². The summed E-state index contributed by atoms with van der Waals surface area (Å²) in [7, 11) is -12.3. The highest BCUT2D eigenvalue weighted by atomic mass is 32.3. The molecule has 0 atom stereocenters. The number of amides is 1. The van der Waals surface area contributed by atoms with Crippen LogP contribution in [0.15, 0.2) is 41.3 Å². The molecular weight excluding hydrogens is 409 g/mol. The number of carbonyl (C=O) groups is 2. The van der Waals surface area contributed by atoms with Crippen molar-refractivity contribution < 1.29 is 44.7 Å². The molecule has 0 unspecified atom stereocenters. The summed E-state index contributed by atoms with van der Waals surface area (Å²) in [6.45, 7) is 0. The van der Waals surface area contributed by atoms with Crippen molar-refractivity contribution in [3.63, 3.8) is 0 Å². The number of halogens is 3. The standard InChI is InChI=1S/C11H8F3N2O8S2/c12-11(13,14)26(23,24)16(20)25(21,22)8-3-1-7(2-4-8)15-9(17)5-6-10(18)19/h1-6H,(H,15,17)(H,18,19)/q-1/b6-5-. The number of alkyl halides is 3. The van der Waals surface area contributed by atoms with Crippen LogP contribution in [0.2, 0.25) is 0 Å². The highest BCUT2D eigenvalue weighted by Gasteiger charge is 2.50. The minimum atomic E-state index is -6.67. The van der Waals surface area contributed by atoms with Crippen LogP contribution in [-0.2, 0) is 29.6 Å². The first-order valence-corrected chi connectivity index (χ1v) is 8.93. The number of carboxylic acids is 1. The average Bonchev–Trinajstić information content (AvgIpc) is 2.51. The van der Waals surface area contributed by atoms with Crippen LogP contribution in [0.4, 0.5) is 18.9 Å². The van der Waals surface area contributed by atoms with Crippen molar-refractivity contribution >= 4 is 37.6 Å². The maximum Gasteiger partial charge on any atom is 0.511 e. The summed E-state index contributed by atoms with van der Waals surface area (Å²) in [6.07, 6.45) is 1.13. The molecule has 0 aliphatic heterocycles. The number of anilines is 1. The largest absolute Gasteiger partial charge is 0.758 e. The topological polar surface area (TPSA) is 161 Å². The summed E-state index contributed by atoms with van der Waals surface area (Å²) >= 11 is 0. The van der Waals surface area contributed by atoms with E-state index in [1.807, 2.05) is 0 Å². The first-order chi connectivity index (χ1) is 11.7. The van der Waals surface area contributed by atoms with E-state index >= 15 is 0 Å². The molecule has 1 aromatic rings. The van der Waals surface area contributed by atoms with E-state index in [1.54, 1.807) is 0 Å². The molecule has 0 saturated heterocycles. The van der Waals surface area contributed by atoms with Crippen LogP contribution in [0.5, 0.6) is 0 Å². The first kappa shape index (κ1) is 21.6. The molecule has 0 heterocycles. The quantitative estimate of drug-likeness (QED) is 0.502. The summed E-state index contributed by atoms with van der Waals surface area (Å²) in [4.78, 5) is 20.5. The zero-order valence-corrected chi connectivity index (χ0v) is 13.8. The lowest BCUT2D eigenvalue weighted by Crippen LogP contribution is -2.40. The van der Waals surface area contributed by atoms with Gasteiger partial charge in [-0.3, -0.25) is 4.79 Å². The maximum absolute atomic E-state index is 12.3. The van der Waals surface area contributed by atoms with E-state index < -0.39 is 46.2 Å². The molecule has 0 spiro atoms. The molecule has 10 nitrogen and oxygen atoms in total. The molecule has 1 amide bonds. The lowest BCUT2D eigenvalue weighted by atomic mass is 10.3. The molecule has 0 aliphatic rings. The van der Waals surface area contributed by atoms with Crippen LogP contribution >= 0.6 is 0 Å². The third-order valence-corrected chi connectivity index (χ3v) is 5.90. The number of carbonyl (C=O) groups excluding carboxylic acids is 1. The Kier molecular flexibility index (Phi) is 6.14. The summed E-state index contributed by atoms with van der Waals surface area (Å²) in [5.41, 5.74) is -6.23. The number of hydrogen-bond donors (Lipinski definition) is 2. The molecule has 0 bridgehead atoms. The van der Waals surface area contributed by atoms with Gasteiger partial charge in [0.2, 0.25) is 15.9 Å². The third-order valence-electron chi connectivity index (χ3n) is 2.48. The Balaban J connectivity index is 3.07. The van der Waals surface area contributed by atoms with Crippen molar-refractivity contribution in [2.75, 3.05) is 5.32 Å². The van der Waals surface area contributed by atoms with Crippen LogP contribution in [-0.4, -0.2) is 43.2 Å². The van der Waals surface area contributed by atoms with Crippen molar-refractivity contribution in [2.45, 2.75) is 10.4 Å². The molecule has 15 heteroatoms. The van der Waals surface area contributed by atoms with E-state index in [-0.39, 0.29) is 5.69 Å². The van der Waals surface area contributed by atoms with E-state index in [0.717, 1.165) is 12.1 Å². The second kappa shape index (κ2) is 7.40. The lowest BCUT2D eigenvalue weighted by Gasteiger charge is -2.27. The van der Waals surface area contributed by atoms with Crippen LogP contribution in [0.3, 0.4) is 0 Å². The van der Waals surface area contributed by atoms with Gasteiger partial charge >= 0.3 is 21.5 Å². The lowest BCUT2D eigenvalue weighted by molar-refractivity contribution is -0.131. The smallest absolute Gasteiger partial charge is 0.511 e. The Morgan fingerprint density at radius 3 is 2.00 bits per heavy atom. The van der Waals surface area contributed by atoms with Gasteiger partial charge in [-0.15, -0.1) is 0 Å². The zero-order valence-electron chi connectivity index (χ0n) is 12.2. The second-order valence-corrected chi connectivity index (χ2v) is 8.03. The monoisotopic (exact) mass is 417 g/mol. The number of sulfonamides is 2. The van der Waals surface area contributed by atoms with Crippen molar-refractivity contribution in [1.82, 2.24) is 3.87 Å². The molecule has 0 saturated carbocycles. The summed E-state index contributed by atoms with van der Waals surface area (Å²) < 4.78 is 80.0. The predicted molar refractivity (Wildman–Crippen MR) is 79.2 cm³/mol. The maximum atomic E-state index is 12.3. The number of nitrogens with zero attached hydrogens (tertiary/aromatic N) is 1. The van der Waals surface area contributed by atoms with Gasteiger partial charge in [-0.2, -0.15) is 17.0 Å². The number of hydrogen-bond acceptors (Lipinski definition) is 7. The number of nitrogens with one attached hydrogen (secondary N) is 1. The molecule has 0 aromatic heterocycles. The highest BCUT2D eigenvalue weighted by Crippen LogP contribution is 2.30. The van der Waals surface area contributed by atoms with Gasteiger partial charge in [0, 0.05) is 17.8 Å². The Hall–Kier alpha value is -2.49.